The van der Waals surface area contributed by atoms with Crippen LogP contribution in [0.4, 0.5) is 5.69 Å². The third-order valence-electron chi connectivity index (χ3n) is 2.30. The number of benzene rings is 1. The Balaban J connectivity index is 2.17. The van der Waals surface area contributed by atoms with E-state index < -0.39 is 5.91 Å². The molecule has 0 aliphatic carbocycles. The van der Waals surface area contributed by atoms with Crippen molar-refractivity contribution in [1.29, 1.82) is 0 Å². The molecule has 1 aromatic carbocycles. The van der Waals surface area contributed by atoms with Crippen LogP contribution >= 0.6 is 15.9 Å². The lowest BCUT2D eigenvalue weighted by Gasteiger charge is -2.09. The molecule has 0 bridgehead atoms. The zero-order valence-electron chi connectivity index (χ0n) is 9.43. The van der Waals surface area contributed by atoms with Crippen LogP contribution in [0.3, 0.4) is 0 Å². The monoisotopic (exact) mass is 306 g/mol. The third-order valence-corrected chi connectivity index (χ3v) is 2.80. The van der Waals surface area contributed by atoms with Crippen molar-refractivity contribution in [3.63, 3.8) is 0 Å². The molecule has 0 fully saturated rings. The second kappa shape index (κ2) is 5.59. The molecule has 1 heterocycles. The predicted octanol–water partition coefficient (Wildman–Crippen LogP) is 1.95. The molecule has 0 radical (unpaired) electrons. The molecule has 0 aliphatic heterocycles. The van der Waals surface area contributed by atoms with Gasteiger partial charge in [-0.05, 0) is 24.3 Å². The summed E-state index contributed by atoms with van der Waals surface area (Å²) >= 11 is 3.30. The van der Waals surface area contributed by atoms with Crippen molar-refractivity contribution in [2.75, 3.05) is 5.32 Å². The first kappa shape index (κ1) is 12.5. The molecule has 1 aromatic heterocycles. The molecule has 0 saturated carbocycles. The average molecular weight is 307 g/mol. The molecule has 1 amide bonds. The summed E-state index contributed by atoms with van der Waals surface area (Å²) < 4.78 is 0.804. The first-order valence-corrected chi connectivity index (χ1v) is 6.05. The Kier molecular flexibility index (Phi) is 3.88. The molecule has 2 rings (SSSR count). The Morgan fingerprint density at radius 3 is 2.72 bits per heavy atom. The summed E-state index contributed by atoms with van der Waals surface area (Å²) in [5.74, 6) is 0.170. The number of rotatable bonds is 4. The van der Waals surface area contributed by atoms with Gasteiger partial charge in [0.1, 0.15) is 5.82 Å². The van der Waals surface area contributed by atoms with Crippen molar-refractivity contribution < 1.29 is 4.79 Å². The molecule has 0 spiro atoms. The van der Waals surface area contributed by atoms with Gasteiger partial charge in [0.05, 0.1) is 12.1 Å². The minimum absolute atomic E-state index is 0.431. The highest BCUT2D eigenvalue weighted by Crippen LogP contribution is 2.20. The zero-order chi connectivity index (χ0) is 13.0. The molecule has 0 atom stereocenters. The van der Waals surface area contributed by atoms with E-state index in [1.54, 1.807) is 30.6 Å². The van der Waals surface area contributed by atoms with Gasteiger partial charge in [0.25, 0.3) is 5.91 Å². The van der Waals surface area contributed by atoms with Crippen molar-refractivity contribution in [1.82, 2.24) is 9.97 Å². The lowest BCUT2D eigenvalue weighted by molar-refractivity contribution is 0.100. The van der Waals surface area contributed by atoms with Gasteiger partial charge < -0.3 is 11.1 Å². The lowest BCUT2D eigenvalue weighted by atomic mass is 10.1. The van der Waals surface area contributed by atoms with Gasteiger partial charge in [-0.25, -0.2) is 9.97 Å². The van der Waals surface area contributed by atoms with E-state index >= 15 is 0 Å². The van der Waals surface area contributed by atoms with Gasteiger partial charge in [-0.2, -0.15) is 0 Å². The van der Waals surface area contributed by atoms with Gasteiger partial charge in [-0.1, -0.05) is 15.9 Å². The number of nitrogens with one attached hydrogen (secondary N) is 1. The number of aromatic nitrogens is 2. The van der Waals surface area contributed by atoms with Crippen molar-refractivity contribution in [2.24, 2.45) is 5.73 Å². The van der Waals surface area contributed by atoms with Crippen LogP contribution in [0.1, 0.15) is 16.2 Å². The first-order chi connectivity index (χ1) is 8.66. The van der Waals surface area contributed by atoms with E-state index in [-0.39, 0.29) is 0 Å². The van der Waals surface area contributed by atoms with Crippen LogP contribution in [-0.4, -0.2) is 15.9 Å². The quantitative estimate of drug-likeness (QED) is 0.904. The Morgan fingerprint density at radius 1 is 1.33 bits per heavy atom. The summed E-state index contributed by atoms with van der Waals surface area (Å²) in [6.07, 6.45) is 3.33. The smallest absolute Gasteiger partial charge is 0.250 e. The van der Waals surface area contributed by atoms with Gasteiger partial charge in [0.2, 0.25) is 0 Å². The minimum Gasteiger partial charge on any atom is -0.377 e. The van der Waals surface area contributed by atoms with Crippen LogP contribution in [0.25, 0.3) is 0 Å². The van der Waals surface area contributed by atoms with Crippen LogP contribution in [0.5, 0.6) is 0 Å². The van der Waals surface area contributed by atoms with Gasteiger partial charge in [0.15, 0.2) is 0 Å². The Labute approximate surface area is 113 Å². The molecular formula is C12H11BrN4O. The zero-order valence-corrected chi connectivity index (χ0v) is 11.0. The second-order valence-electron chi connectivity index (χ2n) is 3.57. The van der Waals surface area contributed by atoms with E-state index in [9.17, 15) is 4.79 Å². The number of anilines is 1. The number of halogens is 1. The SMILES string of the molecule is NC(=O)c1cc(Br)ccc1NCc1ncccn1. The summed E-state index contributed by atoms with van der Waals surface area (Å²) in [6, 6.07) is 7.04. The van der Waals surface area contributed by atoms with E-state index in [1.807, 2.05) is 6.07 Å². The summed E-state index contributed by atoms with van der Waals surface area (Å²) in [5.41, 5.74) is 6.42. The van der Waals surface area contributed by atoms with E-state index in [1.165, 1.54) is 0 Å². The normalized spacial score (nSPS) is 10.1. The molecule has 6 heteroatoms. The second-order valence-corrected chi connectivity index (χ2v) is 4.49. The fraction of sp³-hybridized carbons (Fsp3) is 0.0833. The highest BCUT2D eigenvalue weighted by Gasteiger charge is 2.08. The molecule has 18 heavy (non-hydrogen) atoms. The highest BCUT2D eigenvalue weighted by atomic mass is 79.9. The van der Waals surface area contributed by atoms with Crippen LogP contribution in [0.2, 0.25) is 0 Å². The van der Waals surface area contributed by atoms with Crippen molar-refractivity contribution in [3.8, 4) is 0 Å². The molecular weight excluding hydrogens is 296 g/mol. The number of primary amides is 1. The standard InChI is InChI=1S/C12H11BrN4O/c13-8-2-3-10(9(6-8)12(14)18)17-7-11-15-4-1-5-16-11/h1-6,17H,7H2,(H2,14,18). The number of carbonyl (C=O) groups excluding carboxylic acids is 1. The fourth-order valence-electron chi connectivity index (χ4n) is 1.47. The largest absolute Gasteiger partial charge is 0.377 e. The van der Waals surface area contributed by atoms with Crippen LogP contribution in [-0.2, 0) is 6.54 Å². The maximum atomic E-state index is 11.3. The number of amides is 1. The van der Waals surface area contributed by atoms with E-state index in [0.717, 1.165) is 4.47 Å². The number of carbonyl (C=O) groups is 1. The van der Waals surface area contributed by atoms with Crippen LogP contribution in [0.15, 0.2) is 41.1 Å². The molecule has 0 saturated heterocycles. The average Bonchev–Trinajstić information content (AvgIpc) is 2.38. The maximum Gasteiger partial charge on any atom is 0.250 e. The van der Waals surface area contributed by atoms with E-state index in [2.05, 4.69) is 31.2 Å². The van der Waals surface area contributed by atoms with E-state index in [0.29, 0.717) is 23.6 Å². The fourth-order valence-corrected chi connectivity index (χ4v) is 1.83. The number of nitrogens with zero attached hydrogens (tertiary/aromatic N) is 2. The summed E-state index contributed by atoms with van der Waals surface area (Å²) in [4.78, 5) is 19.5. The third kappa shape index (κ3) is 3.04. The summed E-state index contributed by atoms with van der Waals surface area (Å²) in [5, 5.41) is 3.09. The molecule has 3 N–H and O–H groups in total. The number of hydrogen-bond donors (Lipinski definition) is 2. The molecule has 5 nitrogen and oxygen atoms in total. The maximum absolute atomic E-state index is 11.3. The van der Waals surface area contributed by atoms with E-state index in [4.69, 9.17) is 5.73 Å². The molecule has 0 aliphatic rings. The Morgan fingerprint density at radius 2 is 2.06 bits per heavy atom. The molecule has 2 aromatic rings. The minimum atomic E-state index is -0.479. The lowest BCUT2D eigenvalue weighted by Crippen LogP contribution is -2.15. The molecule has 0 unspecified atom stereocenters. The topological polar surface area (TPSA) is 80.9 Å². The van der Waals surface area contributed by atoms with Crippen LogP contribution < -0.4 is 11.1 Å². The van der Waals surface area contributed by atoms with Crippen molar-refractivity contribution >= 4 is 27.5 Å². The van der Waals surface area contributed by atoms with Gasteiger partial charge in [0, 0.05) is 22.6 Å². The van der Waals surface area contributed by atoms with Gasteiger partial charge >= 0.3 is 0 Å². The van der Waals surface area contributed by atoms with Crippen molar-refractivity contribution in [3.05, 3.63) is 52.5 Å². The summed E-state index contributed by atoms with van der Waals surface area (Å²) in [6.45, 7) is 0.433. The highest BCUT2D eigenvalue weighted by molar-refractivity contribution is 9.10. The van der Waals surface area contributed by atoms with Crippen molar-refractivity contribution in [2.45, 2.75) is 6.54 Å². The number of nitrogens with two attached hydrogens (primary N) is 1. The first-order valence-electron chi connectivity index (χ1n) is 5.26. The molecule has 92 valence electrons. The van der Waals surface area contributed by atoms with Gasteiger partial charge in [-0.3, -0.25) is 4.79 Å². The Bertz CT molecular complexity index is 559. The van der Waals surface area contributed by atoms with Crippen LogP contribution in [0, 0.1) is 0 Å². The Hall–Kier alpha value is -1.95. The predicted molar refractivity (Wildman–Crippen MR) is 72.0 cm³/mol. The summed E-state index contributed by atoms with van der Waals surface area (Å²) in [7, 11) is 0. The number of hydrogen-bond acceptors (Lipinski definition) is 4. The van der Waals surface area contributed by atoms with Gasteiger partial charge in [-0.15, -0.1) is 0 Å².